The van der Waals surface area contributed by atoms with E-state index in [9.17, 15) is 38.4 Å². The summed E-state index contributed by atoms with van der Waals surface area (Å²) < 4.78 is 0. The number of rotatable bonds is 16. The number of aliphatic carboxylic acids is 4. The summed E-state index contributed by atoms with van der Waals surface area (Å²) >= 11 is 0. The van der Waals surface area contributed by atoms with Crippen LogP contribution in [0.15, 0.2) is 0 Å². The second kappa shape index (κ2) is 28.0. The molecule has 0 fully saturated rings. The minimum atomic E-state index is -1.15. The molecule has 0 aromatic carbocycles. The molecular weight excluding hydrogens is 604 g/mol. The zero-order chi connectivity index (χ0) is 36.2. The Hall–Kier alpha value is -4.77. The van der Waals surface area contributed by atoms with E-state index in [1.165, 1.54) is 0 Å². The standard InChI is InChI=1S/C20H34N4O8.2C3H6O2.CH2O2/c1-5-21-18(31)12(6-8-16(27)28)24-15(26)11-22-19(32)13(7-9-17(29)30)23-14(25)10-20(2,3)4;2*1-2-3(4)5;2-1-3/h12-13H,5-11H2,1-4H3,(H,21,31)(H,22,32)(H,23,25)(H,24,26)(H,27,28)(H,29,30);2*2H2,1H3,(H,4,5);1H,(H,2,3). The number of carbonyl (C=O) groups excluding carboxylic acids is 4. The number of nitrogens with one attached hydrogen (secondary N) is 4. The smallest absolute Gasteiger partial charge is 0.303 e. The Kier molecular flexibility index (Phi) is 29.4. The van der Waals surface area contributed by atoms with Gasteiger partial charge in [-0.1, -0.05) is 34.6 Å². The number of carboxylic acid groups (broad SMARTS) is 5. The summed E-state index contributed by atoms with van der Waals surface area (Å²) in [5, 5.41) is 49.7. The number of carboxylic acids is 4. The van der Waals surface area contributed by atoms with Crippen LogP contribution in [0.1, 0.15) is 86.5 Å². The molecule has 45 heavy (non-hydrogen) atoms. The Morgan fingerprint density at radius 1 is 0.644 bits per heavy atom. The zero-order valence-corrected chi connectivity index (χ0v) is 26.5. The summed E-state index contributed by atoms with van der Waals surface area (Å²) in [6, 6.07) is -2.25. The summed E-state index contributed by atoms with van der Waals surface area (Å²) in [5.74, 6) is -6.24. The lowest BCUT2D eigenvalue weighted by Gasteiger charge is -2.22. The van der Waals surface area contributed by atoms with E-state index in [-0.39, 0.29) is 63.4 Å². The van der Waals surface area contributed by atoms with Crippen molar-refractivity contribution in [2.75, 3.05) is 13.1 Å². The SMILES string of the molecule is CCC(=O)O.CCC(=O)O.CCNC(=O)C(CCC(=O)O)NC(=O)CNC(=O)C(CCC(=O)O)NC(=O)CC(C)(C)C.O=CO. The molecule has 0 radical (unpaired) electrons. The second-order valence-electron chi connectivity index (χ2n) is 10.1. The Labute approximate surface area is 261 Å². The van der Waals surface area contributed by atoms with Crippen LogP contribution in [0, 0.1) is 5.41 Å². The number of hydrogen-bond donors (Lipinski definition) is 9. The van der Waals surface area contributed by atoms with Gasteiger partial charge in [-0.05, 0) is 25.2 Å². The van der Waals surface area contributed by atoms with Gasteiger partial charge in [-0.2, -0.15) is 0 Å². The van der Waals surface area contributed by atoms with E-state index in [1.54, 1.807) is 20.8 Å². The van der Waals surface area contributed by atoms with Crippen molar-refractivity contribution in [3.05, 3.63) is 0 Å². The van der Waals surface area contributed by atoms with Gasteiger partial charge in [0.1, 0.15) is 12.1 Å². The predicted octanol–water partition coefficient (Wildman–Crippen LogP) is 0.0369. The van der Waals surface area contributed by atoms with Crippen molar-refractivity contribution in [1.29, 1.82) is 0 Å². The van der Waals surface area contributed by atoms with Crippen LogP contribution in [-0.2, 0) is 43.2 Å². The Morgan fingerprint density at radius 3 is 1.27 bits per heavy atom. The van der Waals surface area contributed by atoms with E-state index in [0.717, 1.165) is 0 Å². The van der Waals surface area contributed by atoms with Gasteiger partial charge < -0.3 is 46.8 Å². The first-order chi connectivity index (χ1) is 20.7. The second-order valence-corrected chi connectivity index (χ2v) is 10.1. The normalized spacial score (nSPS) is 11.0. The fourth-order valence-electron chi connectivity index (χ4n) is 2.63. The van der Waals surface area contributed by atoms with Crippen LogP contribution in [0.4, 0.5) is 0 Å². The van der Waals surface area contributed by atoms with Crippen molar-refractivity contribution in [1.82, 2.24) is 21.3 Å². The van der Waals surface area contributed by atoms with Gasteiger partial charge in [0.05, 0.1) is 6.54 Å². The van der Waals surface area contributed by atoms with Crippen LogP contribution >= 0.6 is 0 Å². The molecule has 18 nitrogen and oxygen atoms in total. The quantitative estimate of drug-likeness (QED) is 0.0995. The first-order valence-corrected chi connectivity index (χ1v) is 13.8. The van der Waals surface area contributed by atoms with E-state index in [0.29, 0.717) is 0 Å². The maximum atomic E-state index is 12.4. The molecule has 18 heteroatoms. The Morgan fingerprint density at radius 2 is 0.978 bits per heavy atom. The van der Waals surface area contributed by atoms with Crippen molar-refractivity contribution < 1.29 is 68.7 Å². The fourth-order valence-corrected chi connectivity index (χ4v) is 2.63. The van der Waals surface area contributed by atoms with Gasteiger partial charge in [-0.3, -0.25) is 43.2 Å². The molecule has 0 saturated carbocycles. The first-order valence-electron chi connectivity index (χ1n) is 13.8. The number of likely N-dealkylation sites (N-methyl/N-ethyl adjacent to an activating group) is 1. The van der Waals surface area contributed by atoms with Crippen LogP contribution in [0.2, 0.25) is 0 Å². The molecule has 2 unspecified atom stereocenters. The van der Waals surface area contributed by atoms with E-state index in [2.05, 4.69) is 21.3 Å². The van der Waals surface area contributed by atoms with Gasteiger partial charge in [0.15, 0.2) is 0 Å². The van der Waals surface area contributed by atoms with Crippen LogP contribution < -0.4 is 21.3 Å². The summed E-state index contributed by atoms with van der Waals surface area (Å²) in [6.45, 7) is 9.86. The fraction of sp³-hybridized carbons (Fsp3) is 0.667. The minimum Gasteiger partial charge on any atom is -0.483 e. The molecule has 4 amide bonds. The highest BCUT2D eigenvalue weighted by molar-refractivity contribution is 5.93. The summed E-state index contributed by atoms with van der Waals surface area (Å²) in [5.41, 5.74) is -0.345. The van der Waals surface area contributed by atoms with E-state index < -0.39 is 66.1 Å². The van der Waals surface area contributed by atoms with Gasteiger partial charge in [0, 0.05) is 38.6 Å². The van der Waals surface area contributed by atoms with Crippen molar-refractivity contribution in [2.45, 2.75) is 98.6 Å². The average molecular weight is 653 g/mol. The highest BCUT2D eigenvalue weighted by atomic mass is 16.4. The molecule has 0 rings (SSSR count). The molecule has 0 aliphatic heterocycles. The molecule has 0 spiro atoms. The molecule has 0 bridgehead atoms. The minimum absolute atomic E-state index is 0.113. The number of carbonyl (C=O) groups is 9. The van der Waals surface area contributed by atoms with Gasteiger partial charge >= 0.3 is 23.9 Å². The molecule has 0 saturated heterocycles. The highest BCUT2D eigenvalue weighted by Crippen LogP contribution is 2.18. The van der Waals surface area contributed by atoms with Crippen LogP contribution in [-0.4, -0.2) is 105 Å². The lowest BCUT2D eigenvalue weighted by atomic mass is 9.91. The predicted molar refractivity (Wildman–Crippen MR) is 158 cm³/mol. The van der Waals surface area contributed by atoms with E-state index in [1.807, 2.05) is 20.8 Å². The third-order valence-electron chi connectivity index (χ3n) is 4.67. The van der Waals surface area contributed by atoms with E-state index >= 15 is 0 Å². The summed E-state index contributed by atoms with van der Waals surface area (Å²) in [6.07, 6.45) is -0.452. The van der Waals surface area contributed by atoms with Crippen molar-refractivity contribution >= 4 is 54.0 Å². The molecule has 0 aliphatic carbocycles. The lowest BCUT2D eigenvalue weighted by molar-refractivity contribution is -0.138. The van der Waals surface area contributed by atoms with Gasteiger partial charge in [-0.25, -0.2) is 0 Å². The van der Waals surface area contributed by atoms with Crippen molar-refractivity contribution in [3.63, 3.8) is 0 Å². The van der Waals surface area contributed by atoms with Crippen LogP contribution in [0.5, 0.6) is 0 Å². The molecule has 0 aromatic heterocycles. The summed E-state index contributed by atoms with van der Waals surface area (Å²) in [4.78, 5) is 97.5. The topological polar surface area (TPSA) is 303 Å². The van der Waals surface area contributed by atoms with Gasteiger partial charge in [-0.15, -0.1) is 0 Å². The maximum absolute atomic E-state index is 12.4. The van der Waals surface area contributed by atoms with Gasteiger partial charge in [0.25, 0.3) is 6.47 Å². The van der Waals surface area contributed by atoms with Crippen LogP contribution in [0.3, 0.4) is 0 Å². The molecule has 0 heterocycles. The van der Waals surface area contributed by atoms with Crippen LogP contribution in [0.25, 0.3) is 0 Å². The number of hydrogen-bond acceptors (Lipinski definition) is 9. The third-order valence-corrected chi connectivity index (χ3v) is 4.67. The largest absolute Gasteiger partial charge is 0.483 e. The van der Waals surface area contributed by atoms with E-state index in [4.69, 9.17) is 30.3 Å². The Balaban J connectivity index is -0.000000540. The third kappa shape index (κ3) is 37.2. The Bertz CT molecular complexity index is 950. The molecule has 2 atom stereocenters. The monoisotopic (exact) mass is 652 g/mol. The molecule has 260 valence electrons. The zero-order valence-electron chi connectivity index (χ0n) is 26.5. The first kappa shape index (κ1) is 47.2. The van der Waals surface area contributed by atoms with Crippen molar-refractivity contribution in [3.8, 4) is 0 Å². The molecular formula is C27H48N4O14. The average Bonchev–Trinajstić information content (AvgIpc) is 2.91. The molecule has 0 aliphatic rings. The molecule has 9 N–H and O–H groups in total. The lowest BCUT2D eigenvalue weighted by Crippen LogP contribution is -2.52. The summed E-state index contributed by atoms with van der Waals surface area (Å²) in [7, 11) is 0. The highest BCUT2D eigenvalue weighted by Gasteiger charge is 2.26. The number of amides is 4. The molecule has 0 aromatic rings. The maximum Gasteiger partial charge on any atom is 0.303 e. The van der Waals surface area contributed by atoms with Crippen molar-refractivity contribution in [2.24, 2.45) is 5.41 Å². The van der Waals surface area contributed by atoms with Gasteiger partial charge in [0.2, 0.25) is 23.6 Å².